The Kier molecular flexibility index (Phi) is 29.0. The van der Waals surface area contributed by atoms with Gasteiger partial charge in [-0.25, -0.2) is 4.57 Å². The highest BCUT2D eigenvalue weighted by molar-refractivity contribution is 7.47. The quantitative estimate of drug-likeness (QED) is 0.0348. The van der Waals surface area contributed by atoms with E-state index in [1.54, 1.807) is 0 Å². The lowest BCUT2D eigenvalue weighted by molar-refractivity contribution is -0.161. The van der Waals surface area contributed by atoms with Crippen molar-refractivity contribution in [3.05, 3.63) is 36.5 Å². The van der Waals surface area contributed by atoms with Crippen molar-refractivity contribution in [2.75, 3.05) is 26.4 Å². The van der Waals surface area contributed by atoms with Crippen LogP contribution in [-0.2, 0) is 32.7 Å². The van der Waals surface area contributed by atoms with Gasteiger partial charge in [-0.3, -0.25) is 18.6 Å². The van der Waals surface area contributed by atoms with Crippen molar-refractivity contribution < 1.29 is 37.6 Å². The van der Waals surface area contributed by atoms with Crippen LogP contribution >= 0.6 is 7.82 Å². The van der Waals surface area contributed by atoms with Gasteiger partial charge < -0.3 is 20.1 Å². The van der Waals surface area contributed by atoms with Crippen LogP contribution in [0.15, 0.2) is 36.5 Å². The zero-order valence-corrected chi connectivity index (χ0v) is 27.8. The molecule has 2 atom stereocenters. The molecule has 0 amide bonds. The Morgan fingerprint density at radius 2 is 1.21 bits per heavy atom. The number of hydrogen-bond donors (Lipinski definition) is 2. The van der Waals surface area contributed by atoms with Crippen LogP contribution in [0, 0.1) is 0 Å². The Hall–Kier alpha value is -1.77. The summed E-state index contributed by atoms with van der Waals surface area (Å²) < 4.78 is 32.2. The summed E-state index contributed by atoms with van der Waals surface area (Å²) in [6, 6.07) is 0. The zero-order chi connectivity index (χ0) is 31.9. The summed E-state index contributed by atoms with van der Waals surface area (Å²) in [6.07, 6.45) is 29.7. The Balaban J connectivity index is 4.10. The predicted octanol–water partition coefficient (Wildman–Crippen LogP) is 8.26. The Bertz CT molecular complexity index is 815. The first-order valence-electron chi connectivity index (χ1n) is 16.5. The average molecular weight is 630 g/mol. The van der Waals surface area contributed by atoms with Crippen LogP contribution < -0.4 is 5.73 Å². The molecule has 0 saturated carbocycles. The molecule has 0 aliphatic heterocycles. The van der Waals surface area contributed by atoms with Crippen LogP contribution in [-0.4, -0.2) is 49.3 Å². The van der Waals surface area contributed by atoms with E-state index in [4.69, 9.17) is 24.3 Å². The maximum atomic E-state index is 12.4. The van der Waals surface area contributed by atoms with Crippen LogP contribution in [0.1, 0.15) is 129 Å². The number of unbranched alkanes of at least 4 members (excludes halogenated alkanes) is 11. The molecule has 0 aliphatic carbocycles. The molecule has 0 rings (SSSR count). The van der Waals surface area contributed by atoms with Crippen molar-refractivity contribution in [1.82, 2.24) is 0 Å². The number of phosphoric ester groups is 1. The highest BCUT2D eigenvalue weighted by Gasteiger charge is 2.25. The van der Waals surface area contributed by atoms with Gasteiger partial charge in [0.1, 0.15) is 6.61 Å². The third kappa shape index (κ3) is 30.1. The fourth-order valence-corrected chi connectivity index (χ4v) is 4.81. The van der Waals surface area contributed by atoms with E-state index in [-0.39, 0.29) is 32.6 Å². The van der Waals surface area contributed by atoms with Gasteiger partial charge in [-0.1, -0.05) is 102 Å². The van der Waals surface area contributed by atoms with Crippen molar-refractivity contribution in [2.24, 2.45) is 5.73 Å². The third-order valence-corrected chi connectivity index (χ3v) is 7.51. The first-order chi connectivity index (χ1) is 20.8. The molecular formula is C33H60NO8P. The Morgan fingerprint density at radius 1 is 0.698 bits per heavy atom. The molecule has 0 aromatic heterocycles. The second-order valence-corrected chi connectivity index (χ2v) is 12.1. The van der Waals surface area contributed by atoms with Gasteiger partial charge in [0.25, 0.3) is 0 Å². The van der Waals surface area contributed by atoms with Crippen molar-refractivity contribution in [1.29, 1.82) is 0 Å². The lowest BCUT2D eigenvalue weighted by atomic mass is 10.1. The molecule has 3 N–H and O–H groups in total. The molecule has 0 fully saturated rings. The van der Waals surface area contributed by atoms with Gasteiger partial charge in [-0.2, -0.15) is 0 Å². The molecule has 43 heavy (non-hydrogen) atoms. The van der Waals surface area contributed by atoms with Crippen molar-refractivity contribution in [2.45, 2.75) is 136 Å². The van der Waals surface area contributed by atoms with E-state index >= 15 is 0 Å². The highest BCUT2D eigenvalue weighted by atomic mass is 31.2. The van der Waals surface area contributed by atoms with E-state index in [2.05, 4.69) is 43.4 Å². The molecule has 0 saturated heterocycles. The number of carbonyl (C=O) groups excluding carboxylic acids is 2. The SMILES string of the molecule is CCCCC/C=C\C/C=C\C/C=C\CCCCCCCCC(=O)OC(COC(=O)CCCCC)COP(=O)(O)OCCN. The van der Waals surface area contributed by atoms with Crippen LogP contribution in [0.4, 0.5) is 0 Å². The molecule has 10 heteroatoms. The van der Waals surface area contributed by atoms with E-state index in [0.717, 1.165) is 64.2 Å². The normalized spacial score (nSPS) is 14.0. The van der Waals surface area contributed by atoms with Gasteiger partial charge in [-0.05, 0) is 51.4 Å². The second kappa shape index (κ2) is 30.3. The minimum absolute atomic E-state index is 0.0499. The maximum Gasteiger partial charge on any atom is 0.472 e. The molecule has 0 aliphatic rings. The van der Waals surface area contributed by atoms with Gasteiger partial charge in [-0.15, -0.1) is 0 Å². The lowest BCUT2D eigenvalue weighted by Crippen LogP contribution is -2.29. The number of esters is 2. The lowest BCUT2D eigenvalue weighted by Gasteiger charge is -2.19. The highest BCUT2D eigenvalue weighted by Crippen LogP contribution is 2.43. The summed E-state index contributed by atoms with van der Waals surface area (Å²) in [5.74, 6) is -0.877. The largest absolute Gasteiger partial charge is 0.472 e. The van der Waals surface area contributed by atoms with E-state index in [0.29, 0.717) is 12.8 Å². The molecular weight excluding hydrogens is 569 g/mol. The summed E-state index contributed by atoms with van der Waals surface area (Å²) in [6.45, 7) is 3.46. The predicted molar refractivity (Wildman–Crippen MR) is 173 cm³/mol. The van der Waals surface area contributed by atoms with Crippen LogP contribution in [0.3, 0.4) is 0 Å². The average Bonchev–Trinajstić information content (AvgIpc) is 2.98. The Morgan fingerprint density at radius 3 is 1.84 bits per heavy atom. The van der Waals surface area contributed by atoms with Crippen LogP contribution in [0.2, 0.25) is 0 Å². The number of nitrogens with two attached hydrogens (primary N) is 1. The number of phosphoric acid groups is 1. The van der Waals surface area contributed by atoms with Gasteiger partial charge in [0.05, 0.1) is 13.2 Å². The molecule has 2 unspecified atom stereocenters. The van der Waals surface area contributed by atoms with E-state index in [9.17, 15) is 19.0 Å². The maximum absolute atomic E-state index is 12.4. The molecule has 0 aromatic rings. The second-order valence-electron chi connectivity index (χ2n) is 10.7. The van der Waals surface area contributed by atoms with E-state index < -0.39 is 32.5 Å². The fourth-order valence-electron chi connectivity index (χ4n) is 4.05. The summed E-state index contributed by atoms with van der Waals surface area (Å²) in [5.41, 5.74) is 5.28. The van der Waals surface area contributed by atoms with Crippen LogP contribution in [0.25, 0.3) is 0 Å². The first kappa shape index (κ1) is 41.2. The minimum Gasteiger partial charge on any atom is -0.462 e. The summed E-state index contributed by atoms with van der Waals surface area (Å²) in [4.78, 5) is 34.1. The zero-order valence-electron chi connectivity index (χ0n) is 26.9. The van der Waals surface area contributed by atoms with E-state index in [1.165, 1.54) is 25.7 Å². The molecule has 250 valence electrons. The number of rotatable bonds is 30. The summed E-state index contributed by atoms with van der Waals surface area (Å²) in [7, 11) is -4.35. The summed E-state index contributed by atoms with van der Waals surface area (Å²) in [5, 5.41) is 0. The fraction of sp³-hybridized carbons (Fsp3) is 0.758. The number of hydrogen-bond acceptors (Lipinski definition) is 8. The van der Waals surface area contributed by atoms with Crippen LogP contribution in [0.5, 0.6) is 0 Å². The first-order valence-corrected chi connectivity index (χ1v) is 18.0. The van der Waals surface area contributed by atoms with Gasteiger partial charge in [0.15, 0.2) is 6.10 Å². The van der Waals surface area contributed by atoms with Crippen molar-refractivity contribution in [3.8, 4) is 0 Å². The molecule has 0 spiro atoms. The molecule has 0 radical (unpaired) electrons. The number of ether oxygens (including phenoxy) is 2. The topological polar surface area (TPSA) is 134 Å². The minimum atomic E-state index is -4.35. The number of allylic oxidation sites excluding steroid dienone is 6. The molecule has 0 heterocycles. The smallest absolute Gasteiger partial charge is 0.462 e. The Labute approximate surface area is 261 Å². The summed E-state index contributed by atoms with van der Waals surface area (Å²) >= 11 is 0. The van der Waals surface area contributed by atoms with Gasteiger partial charge >= 0.3 is 19.8 Å². The molecule has 0 aromatic carbocycles. The molecule has 0 bridgehead atoms. The molecule has 9 nitrogen and oxygen atoms in total. The van der Waals surface area contributed by atoms with Gasteiger partial charge in [0.2, 0.25) is 0 Å². The van der Waals surface area contributed by atoms with Crippen molar-refractivity contribution >= 4 is 19.8 Å². The monoisotopic (exact) mass is 629 g/mol. The van der Waals surface area contributed by atoms with Gasteiger partial charge in [0, 0.05) is 19.4 Å². The van der Waals surface area contributed by atoms with Crippen molar-refractivity contribution in [3.63, 3.8) is 0 Å². The third-order valence-electron chi connectivity index (χ3n) is 6.53. The number of carbonyl (C=O) groups is 2. The van der Waals surface area contributed by atoms with E-state index in [1.807, 2.05) is 6.92 Å². The standard InChI is InChI=1S/C33H60NO8P/c1-3-5-7-8-9-10-11-12-13-14-15-16-17-18-19-20-21-22-24-26-33(36)42-31(29-39-32(35)25-23-6-4-2)30-41-43(37,38)40-28-27-34/h9-10,12-13,15-16,31H,3-8,11,14,17-30,34H2,1-2H3,(H,37,38)/b10-9-,13-12-,16-15-.